The van der Waals surface area contributed by atoms with Gasteiger partial charge in [-0.15, -0.1) is 0 Å². The van der Waals surface area contributed by atoms with Crippen LogP contribution in [0.4, 0.5) is 16.2 Å². The zero-order valence-electron chi connectivity index (χ0n) is 24.2. The lowest BCUT2D eigenvalue weighted by molar-refractivity contribution is 0.0263. The van der Waals surface area contributed by atoms with E-state index in [9.17, 15) is 14.4 Å². The van der Waals surface area contributed by atoms with E-state index < -0.39 is 5.60 Å². The highest BCUT2D eigenvalue weighted by atomic mass is 16.6. The van der Waals surface area contributed by atoms with Crippen molar-refractivity contribution in [3.63, 3.8) is 0 Å². The van der Waals surface area contributed by atoms with E-state index in [0.717, 1.165) is 62.5 Å². The van der Waals surface area contributed by atoms with Crippen LogP contribution in [0.1, 0.15) is 68.2 Å². The standard InChI is InChI=1S/C18H26N2O3.C13H18N2O/c1-14(21)15-6-8-16(9-7-15)19-10-5-11-20(13-12-19)17(22)23-18(2,3)4;1-11(16)12-3-5-13(6-4-12)15-9-2-7-14-8-10-15/h6-9H,5,10-13H2,1-4H3;3-6,14H,2,7-10H2,1H3. The van der Waals surface area contributed by atoms with Gasteiger partial charge >= 0.3 is 6.09 Å². The fourth-order valence-electron chi connectivity index (χ4n) is 4.60. The Morgan fingerprint density at radius 1 is 0.667 bits per heavy atom. The molecule has 0 bridgehead atoms. The minimum atomic E-state index is -0.467. The molecule has 0 saturated carbocycles. The molecule has 212 valence electrons. The van der Waals surface area contributed by atoms with Gasteiger partial charge in [0.25, 0.3) is 0 Å². The third-order valence-electron chi connectivity index (χ3n) is 6.77. The van der Waals surface area contributed by atoms with Crippen LogP contribution in [0.25, 0.3) is 0 Å². The third-order valence-corrected chi connectivity index (χ3v) is 6.77. The Morgan fingerprint density at radius 2 is 1.18 bits per heavy atom. The molecular weight excluding hydrogens is 492 g/mol. The van der Waals surface area contributed by atoms with Gasteiger partial charge in [-0.25, -0.2) is 4.79 Å². The molecule has 0 unspecified atom stereocenters. The number of nitrogens with one attached hydrogen (secondary N) is 1. The Balaban J connectivity index is 0.000000230. The van der Waals surface area contributed by atoms with Crippen molar-refractivity contribution in [2.45, 2.75) is 53.1 Å². The van der Waals surface area contributed by atoms with E-state index >= 15 is 0 Å². The SMILES string of the molecule is CC(=O)c1ccc(N2CCCN(C(=O)OC(C)(C)C)CC2)cc1.CC(=O)c1ccc(N2CCCNCC2)cc1. The molecule has 0 spiro atoms. The van der Waals surface area contributed by atoms with Gasteiger partial charge in [0.15, 0.2) is 11.6 Å². The average Bonchev–Trinajstić information content (AvgIpc) is 3.32. The monoisotopic (exact) mass is 536 g/mol. The van der Waals surface area contributed by atoms with E-state index in [2.05, 4.69) is 15.1 Å². The Morgan fingerprint density at radius 3 is 1.69 bits per heavy atom. The maximum Gasteiger partial charge on any atom is 0.410 e. The number of Topliss-reactive ketones (excluding diaryl/α,β-unsaturated/α-hetero) is 2. The maximum absolute atomic E-state index is 12.2. The second-order valence-electron chi connectivity index (χ2n) is 11.1. The van der Waals surface area contributed by atoms with E-state index in [1.165, 1.54) is 12.1 Å². The fraction of sp³-hybridized carbons (Fsp3) is 0.516. The van der Waals surface area contributed by atoms with Gasteiger partial charge in [-0.2, -0.15) is 0 Å². The van der Waals surface area contributed by atoms with Crippen molar-refractivity contribution >= 4 is 29.0 Å². The number of ether oxygens (including phenoxy) is 1. The summed E-state index contributed by atoms with van der Waals surface area (Å²) < 4.78 is 5.45. The number of nitrogens with zero attached hydrogens (tertiary/aromatic N) is 3. The topological polar surface area (TPSA) is 82.2 Å². The third kappa shape index (κ3) is 9.70. The normalized spacial score (nSPS) is 16.4. The molecule has 2 aromatic carbocycles. The molecule has 2 fully saturated rings. The number of anilines is 2. The molecule has 2 aliphatic heterocycles. The van der Waals surface area contributed by atoms with Crippen LogP contribution in [0.3, 0.4) is 0 Å². The molecule has 0 aromatic heterocycles. The fourth-order valence-corrected chi connectivity index (χ4v) is 4.60. The van der Waals surface area contributed by atoms with Gasteiger partial charge in [0.05, 0.1) is 0 Å². The van der Waals surface area contributed by atoms with E-state index in [1.54, 1.807) is 18.7 Å². The summed E-state index contributed by atoms with van der Waals surface area (Å²) in [5, 5.41) is 3.38. The van der Waals surface area contributed by atoms with Crippen molar-refractivity contribution in [1.29, 1.82) is 0 Å². The Kier molecular flexibility index (Phi) is 10.9. The lowest BCUT2D eigenvalue weighted by Gasteiger charge is -2.27. The highest BCUT2D eigenvalue weighted by molar-refractivity contribution is 5.94. The first-order valence-electron chi connectivity index (χ1n) is 13.9. The quantitative estimate of drug-likeness (QED) is 0.549. The first-order valence-corrected chi connectivity index (χ1v) is 13.9. The Bertz CT molecular complexity index is 1090. The van der Waals surface area contributed by atoms with Gasteiger partial charge in [0.2, 0.25) is 0 Å². The largest absolute Gasteiger partial charge is 0.444 e. The van der Waals surface area contributed by atoms with Crippen LogP contribution in [0.15, 0.2) is 48.5 Å². The summed E-state index contributed by atoms with van der Waals surface area (Å²) in [7, 11) is 0. The van der Waals surface area contributed by atoms with E-state index in [-0.39, 0.29) is 17.7 Å². The van der Waals surface area contributed by atoms with Crippen LogP contribution in [-0.2, 0) is 4.74 Å². The zero-order valence-corrected chi connectivity index (χ0v) is 24.2. The summed E-state index contributed by atoms with van der Waals surface area (Å²) in [6.07, 6.45) is 1.83. The smallest absolute Gasteiger partial charge is 0.410 e. The van der Waals surface area contributed by atoms with Gasteiger partial charge in [-0.1, -0.05) is 0 Å². The van der Waals surface area contributed by atoms with Gasteiger partial charge in [0, 0.05) is 68.3 Å². The van der Waals surface area contributed by atoms with Gasteiger partial charge in [-0.3, -0.25) is 9.59 Å². The number of amides is 1. The maximum atomic E-state index is 12.2. The number of ketones is 2. The summed E-state index contributed by atoms with van der Waals surface area (Å²) in [5.74, 6) is 0.201. The number of carbonyl (C=O) groups is 3. The number of rotatable bonds is 4. The summed E-state index contributed by atoms with van der Waals surface area (Å²) in [6, 6.07) is 15.6. The van der Waals surface area contributed by atoms with Crippen LogP contribution in [0.2, 0.25) is 0 Å². The molecule has 1 amide bonds. The van der Waals surface area contributed by atoms with Crippen LogP contribution in [0.5, 0.6) is 0 Å². The summed E-state index contributed by atoms with van der Waals surface area (Å²) in [6.45, 7) is 16.1. The van der Waals surface area contributed by atoms with Crippen molar-refractivity contribution in [3.8, 4) is 0 Å². The van der Waals surface area contributed by atoms with E-state index in [1.807, 2.05) is 69.3 Å². The highest BCUT2D eigenvalue weighted by Crippen LogP contribution is 2.19. The van der Waals surface area contributed by atoms with Crippen molar-refractivity contribution in [2.75, 3.05) is 62.2 Å². The van der Waals surface area contributed by atoms with Crippen LogP contribution in [-0.4, -0.2) is 80.5 Å². The van der Waals surface area contributed by atoms with Gasteiger partial charge < -0.3 is 24.8 Å². The predicted molar refractivity (Wildman–Crippen MR) is 157 cm³/mol. The zero-order chi connectivity index (χ0) is 28.4. The molecule has 4 rings (SSSR count). The lowest BCUT2D eigenvalue weighted by atomic mass is 10.1. The van der Waals surface area contributed by atoms with Crippen LogP contribution < -0.4 is 15.1 Å². The molecule has 0 radical (unpaired) electrons. The summed E-state index contributed by atoms with van der Waals surface area (Å²) in [4.78, 5) is 41.1. The van der Waals surface area contributed by atoms with Crippen molar-refractivity contribution in [3.05, 3.63) is 59.7 Å². The van der Waals surface area contributed by atoms with E-state index in [4.69, 9.17) is 4.74 Å². The highest BCUT2D eigenvalue weighted by Gasteiger charge is 2.24. The second kappa shape index (κ2) is 14.1. The molecule has 2 saturated heterocycles. The first kappa shape index (κ1) is 30.2. The molecule has 8 nitrogen and oxygen atoms in total. The number of benzene rings is 2. The molecule has 2 aliphatic rings. The minimum Gasteiger partial charge on any atom is -0.444 e. The molecular formula is C31H44N4O4. The van der Waals surface area contributed by atoms with Crippen LogP contribution >= 0.6 is 0 Å². The number of hydrogen-bond acceptors (Lipinski definition) is 7. The second-order valence-corrected chi connectivity index (χ2v) is 11.1. The van der Waals surface area contributed by atoms with Gasteiger partial charge in [0.1, 0.15) is 5.60 Å². The molecule has 8 heteroatoms. The molecule has 2 heterocycles. The van der Waals surface area contributed by atoms with Crippen molar-refractivity contribution < 1.29 is 19.1 Å². The molecule has 0 aliphatic carbocycles. The minimum absolute atomic E-state index is 0.0727. The Hall–Kier alpha value is -3.39. The predicted octanol–water partition coefficient (Wildman–Crippen LogP) is 5.03. The van der Waals surface area contributed by atoms with E-state index in [0.29, 0.717) is 13.1 Å². The van der Waals surface area contributed by atoms with Gasteiger partial charge in [-0.05, 0) is 103 Å². The summed E-state index contributed by atoms with van der Waals surface area (Å²) in [5.41, 5.74) is 3.34. The summed E-state index contributed by atoms with van der Waals surface area (Å²) >= 11 is 0. The Labute approximate surface area is 233 Å². The van der Waals surface area contributed by atoms with Crippen LogP contribution in [0, 0.1) is 0 Å². The lowest BCUT2D eigenvalue weighted by Crippen LogP contribution is -2.39. The number of carbonyl (C=O) groups excluding carboxylic acids is 3. The molecule has 0 atom stereocenters. The molecule has 1 N–H and O–H groups in total. The molecule has 39 heavy (non-hydrogen) atoms. The molecule has 2 aromatic rings. The van der Waals surface area contributed by atoms with Crippen molar-refractivity contribution in [2.24, 2.45) is 0 Å². The average molecular weight is 537 g/mol. The first-order chi connectivity index (χ1) is 18.5. The van der Waals surface area contributed by atoms with Crippen molar-refractivity contribution in [1.82, 2.24) is 10.2 Å². The number of hydrogen-bond donors (Lipinski definition) is 1.